The van der Waals surface area contributed by atoms with E-state index in [1.54, 1.807) is 11.3 Å². The molecule has 14 heteroatoms. The minimum atomic E-state index is -0.255. The predicted molar refractivity (Wildman–Crippen MR) is 228 cm³/mol. The number of hydrogen-bond acceptors (Lipinski definition) is 11. The number of nitrogens with zero attached hydrogens (tertiary/aromatic N) is 4. The number of aliphatic hydroxyl groups excluding tert-OH is 1. The van der Waals surface area contributed by atoms with Crippen molar-refractivity contribution in [3.8, 4) is 0 Å². The lowest BCUT2D eigenvalue weighted by molar-refractivity contribution is -0.132. The van der Waals surface area contributed by atoms with Gasteiger partial charge in [-0.3, -0.25) is 14.4 Å². The van der Waals surface area contributed by atoms with Crippen LogP contribution in [0.25, 0.3) is 10.2 Å². The molecule has 3 N–H and O–H groups in total. The van der Waals surface area contributed by atoms with E-state index in [1.807, 2.05) is 27.3 Å². The summed E-state index contributed by atoms with van der Waals surface area (Å²) < 4.78 is 13.3. The highest BCUT2D eigenvalue weighted by Crippen LogP contribution is 2.31. The molecule has 0 aliphatic carbocycles. The molecule has 2 fully saturated rings. The Balaban J connectivity index is 0.847. The summed E-state index contributed by atoms with van der Waals surface area (Å²) in [6, 6.07) is 14.8. The Morgan fingerprint density at radius 2 is 1.81 bits per heavy atom. The summed E-state index contributed by atoms with van der Waals surface area (Å²) in [4.78, 5) is 51.9. The van der Waals surface area contributed by atoms with Gasteiger partial charge in [0.15, 0.2) is 0 Å². The summed E-state index contributed by atoms with van der Waals surface area (Å²) in [5.41, 5.74) is 4.88. The molecule has 2 saturated heterocycles. The fourth-order valence-corrected chi connectivity index (χ4v) is 9.35. The lowest BCUT2D eigenvalue weighted by atomic mass is 9.89. The molecule has 0 atom stereocenters. The van der Waals surface area contributed by atoms with E-state index >= 15 is 0 Å². The van der Waals surface area contributed by atoms with Gasteiger partial charge in [-0.1, -0.05) is 54.7 Å². The van der Waals surface area contributed by atoms with Crippen molar-refractivity contribution in [2.75, 3.05) is 85.3 Å². The number of carbonyl (C=O) groups is 2. The van der Waals surface area contributed by atoms with Gasteiger partial charge < -0.3 is 39.6 Å². The van der Waals surface area contributed by atoms with Crippen molar-refractivity contribution in [3.05, 3.63) is 84.9 Å². The number of carbonyl (C=O) groups excluding carboxylic acids is 2. The Bertz CT molecular complexity index is 1900. The maximum atomic E-state index is 13.2. The zero-order valence-electron chi connectivity index (χ0n) is 33.5. The molecular weight excluding hydrogens is 761 g/mol. The molecule has 0 unspecified atom stereocenters. The van der Waals surface area contributed by atoms with E-state index in [1.165, 1.54) is 22.5 Å². The number of thiazole rings is 2. The molecule has 12 nitrogen and oxygen atoms in total. The lowest BCUT2D eigenvalue weighted by Crippen LogP contribution is -2.58. The van der Waals surface area contributed by atoms with Crippen LogP contribution in [0.5, 0.6) is 0 Å². The first-order valence-electron chi connectivity index (χ1n) is 20.8. The number of benzene rings is 2. The van der Waals surface area contributed by atoms with Gasteiger partial charge in [0.2, 0.25) is 5.91 Å². The first kappa shape index (κ1) is 43.1. The van der Waals surface area contributed by atoms with Crippen LogP contribution in [0.1, 0.15) is 77.6 Å². The van der Waals surface area contributed by atoms with Crippen LogP contribution in [-0.2, 0) is 40.0 Å². The molecule has 1 spiro atoms. The molecule has 2 amide bonds. The Kier molecular flexibility index (Phi) is 16.7. The molecule has 6 rings (SSSR count). The van der Waals surface area contributed by atoms with Crippen molar-refractivity contribution in [1.82, 2.24) is 30.0 Å². The van der Waals surface area contributed by atoms with E-state index in [2.05, 4.69) is 57.4 Å². The number of fused-ring (bicyclic) bond motifs is 1. The first-order valence-corrected chi connectivity index (χ1v) is 22.5. The van der Waals surface area contributed by atoms with Gasteiger partial charge in [-0.2, -0.15) is 0 Å². The van der Waals surface area contributed by atoms with E-state index in [0.717, 1.165) is 105 Å². The van der Waals surface area contributed by atoms with Crippen molar-refractivity contribution in [2.24, 2.45) is 0 Å². The highest BCUT2D eigenvalue weighted by Gasteiger charge is 2.41. The monoisotopic (exact) mass is 820 g/mol. The van der Waals surface area contributed by atoms with Gasteiger partial charge in [-0.05, 0) is 87.1 Å². The van der Waals surface area contributed by atoms with Gasteiger partial charge in [-0.25, -0.2) is 4.98 Å². The molecule has 2 aliphatic rings. The predicted octanol–water partition coefficient (Wildman–Crippen LogP) is 4.93. The molecule has 0 radical (unpaired) electrons. The molecule has 2 aromatic carbocycles. The second-order valence-corrected chi connectivity index (χ2v) is 17.2. The zero-order chi connectivity index (χ0) is 39.9. The normalized spacial score (nSPS) is 15.8. The van der Waals surface area contributed by atoms with Crippen LogP contribution >= 0.6 is 22.7 Å². The largest absolute Gasteiger partial charge is 0.396 e. The summed E-state index contributed by atoms with van der Waals surface area (Å²) in [6.45, 7) is 10.7. The molecule has 0 bridgehead atoms. The molecule has 310 valence electrons. The van der Waals surface area contributed by atoms with E-state index < -0.39 is 0 Å². The highest BCUT2D eigenvalue weighted by atomic mass is 32.1. The number of hydrogen-bond donors (Lipinski definition) is 3. The van der Waals surface area contributed by atoms with E-state index in [-0.39, 0.29) is 28.9 Å². The lowest BCUT2D eigenvalue weighted by Gasteiger charge is -2.47. The Morgan fingerprint density at radius 3 is 2.58 bits per heavy atom. The van der Waals surface area contributed by atoms with Crippen LogP contribution in [-0.4, -0.2) is 133 Å². The number of morpholine rings is 1. The minimum Gasteiger partial charge on any atom is -0.396 e. The smallest absolute Gasteiger partial charge is 0.305 e. The molecule has 4 heterocycles. The van der Waals surface area contributed by atoms with Crippen molar-refractivity contribution >= 4 is 44.7 Å². The first-order chi connectivity index (χ1) is 27.8. The summed E-state index contributed by atoms with van der Waals surface area (Å²) in [5.74, 6) is 0.124. The summed E-state index contributed by atoms with van der Waals surface area (Å²) in [7, 11) is 0. The van der Waals surface area contributed by atoms with Crippen LogP contribution < -0.4 is 10.2 Å². The van der Waals surface area contributed by atoms with Gasteiger partial charge in [0.05, 0.1) is 53.6 Å². The standard InChI is InChI=1S/C43H60N6O6S2/c1-2-38-45-37(31-56-38)41(52)49-26-30-55-43(32-49)17-23-47(24-18-43)22-14-33-9-11-34(12-10-33)15-28-54-29-16-39(51)48(21-4-3-5-27-50)25-20-44-19-13-35-7-6-8-36-40(35)57-42(53)46-36/h6-12,31,44,50H,2-5,13-30,32H2,1H3,(H,46,53). The number of aliphatic hydroxyl groups is 1. The minimum absolute atomic E-state index is 0.0301. The topological polar surface area (TPSA) is 140 Å². The van der Waals surface area contributed by atoms with Crippen molar-refractivity contribution in [2.45, 2.75) is 76.7 Å². The van der Waals surface area contributed by atoms with Gasteiger partial charge in [0.1, 0.15) is 5.69 Å². The second kappa shape index (κ2) is 22.0. The number of likely N-dealkylation sites (tertiary alicyclic amines) is 1. The summed E-state index contributed by atoms with van der Waals surface area (Å²) in [6.07, 6.45) is 8.14. The maximum absolute atomic E-state index is 13.2. The number of rotatable bonds is 22. The van der Waals surface area contributed by atoms with Crippen molar-refractivity contribution in [3.63, 3.8) is 0 Å². The van der Waals surface area contributed by atoms with E-state index in [9.17, 15) is 19.5 Å². The molecule has 2 aromatic heterocycles. The van der Waals surface area contributed by atoms with Gasteiger partial charge in [0, 0.05) is 57.8 Å². The van der Waals surface area contributed by atoms with Gasteiger partial charge >= 0.3 is 4.87 Å². The quantitative estimate of drug-likeness (QED) is 0.0943. The van der Waals surface area contributed by atoms with E-state index in [0.29, 0.717) is 64.7 Å². The average Bonchev–Trinajstić information content (AvgIpc) is 3.88. The fraction of sp³-hybridized carbons (Fsp3) is 0.581. The molecule has 57 heavy (non-hydrogen) atoms. The van der Waals surface area contributed by atoms with Crippen molar-refractivity contribution < 1.29 is 24.2 Å². The number of aromatic amines is 1. The Hall–Kier alpha value is -3.50. The molecule has 2 aliphatic heterocycles. The Morgan fingerprint density at radius 1 is 1.00 bits per heavy atom. The third-order valence-corrected chi connectivity index (χ3v) is 13.2. The zero-order valence-corrected chi connectivity index (χ0v) is 35.1. The number of aromatic nitrogens is 2. The third kappa shape index (κ3) is 12.7. The van der Waals surface area contributed by atoms with Gasteiger partial charge in [-0.15, -0.1) is 11.3 Å². The molecule has 0 saturated carbocycles. The number of ether oxygens (including phenoxy) is 2. The third-order valence-electron chi connectivity index (χ3n) is 11.2. The molecular formula is C43H60N6O6S2. The second-order valence-electron chi connectivity index (χ2n) is 15.2. The number of nitrogens with one attached hydrogen (secondary N) is 2. The van der Waals surface area contributed by atoms with Crippen LogP contribution in [0.15, 0.2) is 52.6 Å². The number of unbranched alkanes of at least 4 members (excludes halogenated alkanes) is 2. The van der Waals surface area contributed by atoms with Crippen molar-refractivity contribution in [1.29, 1.82) is 0 Å². The van der Waals surface area contributed by atoms with Crippen LogP contribution in [0, 0.1) is 0 Å². The Labute approximate surface area is 344 Å². The van der Waals surface area contributed by atoms with Crippen LogP contribution in [0.2, 0.25) is 0 Å². The van der Waals surface area contributed by atoms with Crippen LogP contribution in [0.3, 0.4) is 0 Å². The number of H-pyrrole nitrogens is 1. The number of aryl methyl sites for hydroxylation is 1. The maximum Gasteiger partial charge on any atom is 0.305 e. The average molecular weight is 821 g/mol. The van der Waals surface area contributed by atoms with Gasteiger partial charge in [0.25, 0.3) is 5.91 Å². The molecule has 4 aromatic rings. The van der Waals surface area contributed by atoms with E-state index in [4.69, 9.17) is 9.47 Å². The fourth-order valence-electron chi connectivity index (χ4n) is 7.75. The summed E-state index contributed by atoms with van der Waals surface area (Å²) in [5, 5.41) is 15.5. The number of piperidine rings is 1. The number of amides is 2. The highest BCUT2D eigenvalue weighted by molar-refractivity contribution is 7.16. The summed E-state index contributed by atoms with van der Waals surface area (Å²) >= 11 is 2.81. The SMILES string of the molecule is CCc1nc(C(=O)N2CCOC3(CCN(CCc4ccc(CCOCCC(=O)N(CCCCCO)CCNCCc5cccc6[nH]c(=O)sc56)cc4)CC3)C2)cs1. The van der Waals surface area contributed by atoms with Crippen LogP contribution in [0.4, 0.5) is 0 Å².